The Hall–Kier alpha value is -3.19. The molecule has 1 aliphatic heterocycles. The van der Waals surface area contributed by atoms with E-state index < -0.39 is 0 Å². The number of aryl methyl sites for hydroxylation is 1. The number of fused-ring (bicyclic) bond motifs is 1. The highest BCUT2D eigenvalue weighted by Crippen LogP contribution is 2.31. The molecule has 0 radical (unpaired) electrons. The number of halogens is 1. The quantitative estimate of drug-likeness (QED) is 0.521. The second kappa shape index (κ2) is 10.6. The number of anilines is 2. The first-order valence-corrected chi connectivity index (χ1v) is 11.1. The molecule has 7 nitrogen and oxygen atoms in total. The van der Waals surface area contributed by atoms with E-state index in [4.69, 9.17) is 4.74 Å². The van der Waals surface area contributed by atoms with Crippen LogP contribution in [0.15, 0.2) is 42.6 Å². The van der Waals surface area contributed by atoms with Crippen molar-refractivity contribution in [1.29, 1.82) is 0 Å². The number of hydrogen-bond acceptors (Lipinski definition) is 6. The van der Waals surface area contributed by atoms with Crippen LogP contribution < -0.4 is 5.32 Å². The topological polar surface area (TPSA) is 84.4 Å². The van der Waals surface area contributed by atoms with Crippen LogP contribution >= 0.6 is 12.4 Å². The van der Waals surface area contributed by atoms with Gasteiger partial charge in [0, 0.05) is 36.1 Å². The lowest BCUT2D eigenvalue weighted by molar-refractivity contribution is 0.0526. The van der Waals surface area contributed by atoms with Crippen molar-refractivity contribution in [2.24, 2.45) is 5.92 Å². The standard InChI is InChI=1S/C25H28N4O3.ClH/c1-4-32-25(31)18-8-10-19(11-9-18)28-22-20-12-7-17(3)27-23(20)26-14-21(22)24(30)29-13-5-6-16(2)15-29;/h7-12,14,16H,4-6,13,15H2,1-3H3,(H,26,27,28);1H. The van der Waals surface area contributed by atoms with E-state index >= 15 is 0 Å². The van der Waals surface area contributed by atoms with E-state index in [1.54, 1.807) is 37.4 Å². The Morgan fingerprint density at radius 1 is 1.18 bits per heavy atom. The van der Waals surface area contributed by atoms with Crippen molar-refractivity contribution in [2.75, 3.05) is 25.0 Å². The molecule has 2 aromatic heterocycles. The SMILES string of the molecule is CCOC(=O)c1ccc(Nc2c(C(=O)N3CCCC(C)C3)cnc3nc(C)ccc23)cc1.Cl. The molecule has 1 amide bonds. The molecule has 3 aromatic rings. The maximum Gasteiger partial charge on any atom is 0.338 e. The van der Waals surface area contributed by atoms with Crippen molar-refractivity contribution in [3.63, 3.8) is 0 Å². The summed E-state index contributed by atoms with van der Waals surface area (Å²) in [5, 5.41) is 4.16. The Bertz CT molecular complexity index is 1150. The smallest absolute Gasteiger partial charge is 0.338 e. The summed E-state index contributed by atoms with van der Waals surface area (Å²) in [6.07, 6.45) is 3.76. The fourth-order valence-corrected chi connectivity index (χ4v) is 4.06. The number of ether oxygens (including phenoxy) is 1. The van der Waals surface area contributed by atoms with Crippen LogP contribution in [-0.2, 0) is 4.74 Å². The molecule has 8 heteroatoms. The average Bonchev–Trinajstić information content (AvgIpc) is 2.79. The summed E-state index contributed by atoms with van der Waals surface area (Å²) >= 11 is 0. The van der Waals surface area contributed by atoms with E-state index in [0.29, 0.717) is 35.0 Å². The molecule has 1 saturated heterocycles. The van der Waals surface area contributed by atoms with Gasteiger partial charge in [-0.1, -0.05) is 6.92 Å². The van der Waals surface area contributed by atoms with E-state index in [0.717, 1.165) is 42.7 Å². The van der Waals surface area contributed by atoms with Gasteiger partial charge in [-0.3, -0.25) is 4.79 Å². The molecule has 174 valence electrons. The highest BCUT2D eigenvalue weighted by atomic mass is 35.5. The zero-order valence-electron chi connectivity index (χ0n) is 19.1. The molecule has 0 bridgehead atoms. The Morgan fingerprint density at radius 2 is 1.94 bits per heavy atom. The number of nitrogens with zero attached hydrogens (tertiary/aromatic N) is 3. The third-order valence-corrected chi connectivity index (χ3v) is 5.71. The summed E-state index contributed by atoms with van der Waals surface area (Å²) < 4.78 is 5.06. The lowest BCUT2D eigenvalue weighted by atomic mass is 9.99. The van der Waals surface area contributed by atoms with Gasteiger partial charge < -0.3 is 15.0 Å². The normalized spacial score (nSPS) is 15.6. The monoisotopic (exact) mass is 468 g/mol. The summed E-state index contributed by atoms with van der Waals surface area (Å²) in [6.45, 7) is 7.69. The molecule has 1 N–H and O–H groups in total. The predicted molar refractivity (Wildman–Crippen MR) is 132 cm³/mol. The first-order chi connectivity index (χ1) is 15.5. The molecule has 1 fully saturated rings. The number of likely N-dealkylation sites (tertiary alicyclic amines) is 1. The van der Waals surface area contributed by atoms with Gasteiger partial charge in [0.05, 0.1) is 23.4 Å². The molecule has 0 spiro atoms. The molecule has 1 aliphatic rings. The van der Waals surface area contributed by atoms with E-state index in [-0.39, 0.29) is 24.3 Å². The summed E-state index contributed by atoms with van der Waals surface area (Å²) in [5.74, 6) is 0.0950. The van der Waals surface area contributed by atoms with Gasteiger partial charge in [-0.15, -0.1) is 12.4 Å². The Kier molecular flexibility index (Phi) is 7.87. The molecular formula is C25H29ClN4O3. The van der Waals surface area contributed by atoms with E-state index in [2.05, 4.69) is 22.2 Å². The number of nitrogens with one attached hydrogen (secondary N) is 1. The van der Waals surface area contributed by atoms with Crippen LogP contribution in [0.25, 0.3) is 11.0 Å². The zero-order chi connectivity index (χ0) is 22.7. The highest BCUT2D eigenvalue weighted by molar-refractivity contribution is 6.07. The van der Waals surface area contributed by atoms with Crippen molar-refractivity contribution < 1.29 is 14.3 Å². The number of pyridine rings is 2. The molecule has 4 rings (SSSR count). The van der Waals surface area contributed by atoms with Crippen molar-refractivity contribution in [1.82, 2.24) is 14.9 Å². The van der Waals surface area contributed by atoms with Crippen LogP contribution in [0.2, 0.25) is 0 Å². The minimum Gasteiger partial charge on any atom is -0.462 e. The molecule has 1 aromatic carbocycles. The number of esters is 1. The van der Waals surface area contributed by atoms with Gasteiger partial charge in [0.1, 0.15) is 0 Å². The van der Waals surface area contributed by atoms with Gasteiger partial charge in [0.25, 0.3) is 5.91 Å². The van der Waals surface area contributed by atoms with Gasteiger partial charge in [0.2, 0.25) is 0 Å². The first-order valence-electron chi connectivity index (χ1n) is 11.1. The summed E-state index contributed by atoms with van der Waals surface area (Å²) in [4.78, 5) is 36.3. The number of rotatable bonds is 5. The van der Waals surface area contributed by atoms with E-state index in [9.17, 15) is 9.59 Å². The van der Waals surface area contributed by atoms with Crippen LogP contribution in [-0.4, -0.2) is 46.4 Å². The maximum atomic E-state index is 13.4. The number of carbonyl (C=O) groups is 2. The van der Waals surface area contributed by atoms with E-state index in [1.165, 1.54) is 0 Å². The number of benzene rings is 1. The molecule has 0 saturated carbocycles. The number of amides is 1. The van der Waals surface area contributed by atoms with Crippen LogP contribution in [0.1, 0.15) is 53.1 Å². The second-order valence-corrected chi connectivity index (χ2v) is 8.29. The predicted octanol–water partition coefficient (Wildman–Crippen LogP) is 5.15. The number of hydrogen-bond donors (Lipinski definition) is 1. The molecule has 1 atom stereocenters. The number of carbonyl (C=O) groups excluding carboxylic acids is 2. The minimum atomic E-state index is -0.358. The van der Waals surface area contributed by atoms with Crippen molar-refractivity contribution in [3.05, 3.63) is 59.4 Å². The van der Waals surface area contributed by atoms with Gasteiger partial charge in [-0.2, -0.15) is 0 Å². The summed E-state index contributed by atoms with van der Waals surface area (Å²) in [6, 6.07) is 10.9. The van der Waals surface area contributed by atoms with Gasteiger partial charge in [0.15, 0.2) is 5.65 Å². The lowest BCUT2D eigenvalue weighted by Crippen LogP contribution is -2.39. The Balaban J connectivity index is 0.00000306. The van der Waals surface area contributed by atoms with Crippen molar-refractivity contribution in [2.45, 2.75) is 33.6 Å². The number of piperidine rings is 1. The highest BCUT2D eigenvalue weighted by Gasteiger charge is 2.25. The lowest BCUT2D eigenvalue weighted by Gasteiger charge is -2.31. The Morgan fingerprint density at radius 3 is 2.64 bits per heavy atom. The first kappa shape index (κ1) is 24.5. The largest absolute Gasteiger partial charge is 0.462 e. The maximum absolute atomic E-state index is 13.4. The van der Waals surface area contributed by atoms with Crippen LogP contribution in [0.4, 0.5) is 11.4 Å². The van der Waals surface area contributed by atoms with Crippen molar-refractivity contribution in [3.8, 4) is 0 Å². The van der Waals surface area contributed by atoms with E-state index in [1.807, 2.05) is 24.0 Å². The van der Waals surface area contributed by atoms with Crippen LogP contribution in [0.5, 0.6) is 0 Å². The van der Waals surface area contributed by atoms with Crippen LogP contribution in [0, 0.1) is 12.8 Å². The summed E-state index contributed by atoms with van der Waals surface area (Å²) in [5.41, 5.74) is 3.87. The molecule has 0 aliphatic carbocycles. The second-order valence-electron chi connectivity index (χ2n) is 8.29. The van der Waals surface area contributed by atoms with Gasteiger partial charge >= 0.3 is 5.97 Å². The fraction of sp³-hybridized carbons (Fsp3) is 0.360. The van der Waals surface area contributed by atoms with Gasteiger partial charge in [-0.25, -0.2) is 14.8 Å². The zero-order valence-corrected chi connectivity index (χ0v) is 19.9. The summed E-state index contributed by atoms with van der Waals surface area (Å²) in [7, 11) is 0. The number of aromatic nitrogens is 2. The van der Waals surface area contributed by atoms with Crippen molar-refractivity contribution >= 4 is 46.7 Å². The van der Waals surface area contributed by atoms with Crippen LogP contribution in [0.3, 0.4) is 0 Å². The third-order valence-electron chi connectivity index (χ3n) is 5.71. The Labute approximate surface area is 200 Å². The molecule has 3 heterocycles. The third kappa shape index (κ3) is 5.42. The molecule has 1 unspecified atom stereocenters. The minimum absolute atomic E-state index is 0. The van der Waals surface area contributed by atoms with Gasteiger partial charge in [-0.05, 0) is 69.0 Å². The fourth-order valence-electron chi connectivity index (χ4n) is 4.06. The average molecular weight is 469 g/mol. The molecule has 33 heavy (non-hydrogen) atoms. The molecular weight excluding hydrogens is 440 g/mol.